The third-order valence-electron chi connectivity index (χ3n) is 2.18. The van der Waals surface area contributed by atoms with Gasteiger partial charge in [0.1, 0.15) is 10.7 Å². The van der Waals surface area contributed by atoms with Crippen LogP contribution in [0.2, 0.25) is 0 Å². The van der Waals surface area contributed by atoms with Crippen LogP contribution in [-0.2, 0) is 10.0 Å². The molecule has 0 spiro atoms. The van der Waals surface area contributed by atoms with E-state index in [9.17, 15) is 8.42 Å². The highest BCUT2D eigenvalue weighted by molar-refractivity contribution is 7.89. The number of hydrogen-bond acceptors (Lipinski definition) is 5. The van der Waals surface area contributed by atoms with Crippen molar-refractivity contribution in [3.63, 3.8) is 0 Å². The summed E-state index contributed by atoms with van der Waals surface area (Å²) < 4.78 is 26.0. The zero-order chi connectivity index (χ0) is 12.9. The first-order chi connectivity index (χ1) is 7.93. The van der Waals surface area contributed by atoms with Crippen LogP contribution in [0.4, 0.5) is 5.82 Å². The molecule has 0 radical (unpaired) electrons. The second kappa shape index (κ2) is 5.95. The first-order valence-corrected chi connectivity index (χ1v) is 6.80. The molecule has 17 heavy (non-hydrogen) atoms. The Morgan fingerprint density at radius 3 is 2.88 bits per heavy atom. The van der Waals surface area contributed by atoms with E-state index in [1.54, 1.807) is 6.92 Å². The van der Waals surface area contributed by atoms with Gasteiger partial charge in [-0.05, 0) is 31.9 Å². The van der Waals surface area contributed by atoms with Gasteiger partial charge in [-0.25, -0.2) is 18.1 Å². The molecule has 0 fully saturated rings. The second-order valence-corrected chi connectivity index (χ2v) is 5.51. The minimum atomic E-state index is -3.61. The summed E-state index contributed by atoms with van der Waals surface area (Å²) in [5, 5.41) is 9.04. The Morgan fingerprint density at radius 2 is 2.29 bits per heavy atom. The summed E-state index contributed by atoms with van der Waals surface area (Å²) >= 11 is 0. The number of pyridine rings is 1. The molecular formula is C10H17N3O3S. The molecule has 1 aromatic rings. The smallest absolute Gasteiger partial charge is 0.244 e. The third-order valence-corrected chi connectivity index (χ3v) is 3.69. The van der Waals surface area contributed by atoms with Gasteiger partial charge in [0.15, 0.2) is 0 Å². The van der Waals surface area contributed by atoms with Gasteiger partial charge in [0.2, 0.25) is 10.0 Å². The number of hydrogen-bond donors (Lipinski definition) is 3. The SMILES string of the molecule is CC(O)CCCNS(=O)(=O)c1cccnc1N. The van der Waals surface area contributed by atoms with E-state index >= 15 is 0 Å². The molecule has 0 saturated heterocycles. The standard InChI is InChI=1S/C10H17N3O3S/c1-8(14)4-2-7-13-17(15,16)9-5-3-6-12-10(9)11/h3,5-6,8,13-14H,2,4,7H2,1H3,(H2,11,12). The molecule has 6 nitrogen and oxygen atoms in total. The van der Waals surface area contributed by atoms with Crippen molar-refractivity contribution in [2.75, 3.05) is 12.3 Å². The van der Waals surface area contributed by atoms with E-state index < -0.39 is 16.1 Å². The number of nitrogens with two attached hydrogens (primary N) is 1. The molecule has 0 aromatic carbocycles. The van der Waals surface area contributed by atoms with Gasteiger partial charge in [0, 0.05) is 12.7 Å². The molecule has 1 aromatic heterocycles. The van der Waals surface area contributed by atoms with E-state index in [2.05, 4.69) is 9.71 Å². The first-order valence-electron chi connectivity index (χ1n) is 5.31. The molecule has 7 heteroatoms. The number of aliphatic hydroxyl groups is 1. The topological polar surface area (TPSA) is 105 Å². The molecule has 0 aliphatic carbocycles. The van der Waals surface area contributed by atoms with Gasteiger partial charge in [-0.3, -0.25) is 0 Å². The zero-order valence-electron chi connectivity index (χ0n) is 9.63. The highest BCUT2D eigenvalue weighted by Crippen LogP contribution is 2.13. The van der Waals surface area contributed by atoms with Crippen LogP contribution in [0.1, 0.15) is 19.8 Å². The van der Waals surface area contributed by atoms with E-state index in [1.165, 1.54) is 18.3 Å². The average Bonchev–Trinajstić information content (AvgIpc) is 2.24. The average molecular weight is 259 g/mol. The van der Waals surface area contributed by atoms with Crippen molar-refractivity contribution in [3.8, 4) is 0 Å². The van der Waals surface area contributed by atoms with Crippen LogP contribution in [0.5, 0.6) is 0 Å². The largest absolute Gasteiger partial charge is 0.393 e. The van der Waals surface area contributed by atoms with Gasteiger partial charge in [0.25, 0.3) is 0 Å². The van der Waals surface area contributed by atoms with Crippen molar-refractivity contribution in [1.82, 2.24) is 9.71 Å². The number of aromatic nitrogens is 1. The highest BCUT2D eigenvalue weighted by Gasteiger charge is 2.16. The van der Waals surface area contributed by atoms with Crippen LogP contribution in [0.15, 0.2) is 23.2 Å². The number of sulfonamides is 1. The Bertz CT molecular complexity index is 460. The molecule has 0 amide bonds. The summed E-state index contributed by atoms with van der Waals surface area (Å²) in [7, 11) is -3.61. The van der Waals surface area contributed by atoms with Crippen molar-refractivity contribution in [3.05, 3.63) is 18.3 Å². The van der Waals surface area contributed by atoms with Gasteiger partial charge < -0.3 is 10.8 Å². The lowest BCUT2D eigenvalue weighted by Gasteiger charge is -2.08. The summed E-state index contributed by atoms with van der Waals surface area (Å²) in [5.74, 6) is -0.0180. The highest BCUT2D eigenvalue weighted by atomic mass is 32.2. The maximum atomic E-state index is 11.8. The van der Waals surface area contributed by atoms with E-state index in [0.717, 1.165) is 0 Å². The summed E-state index contributed by atoms with van der Waals surface area (Å²) in [5.41, 5.74) is 5.49. The fourth-order valence-corrected chi connectivity index (χ4v) is 2.47. The maximum Gasteiger partial charge on any atom is 0.244 e. The van der Waals surface area contributed by atoms with Crippen LogP contribution in [0.25, 0.3) is 0 Å². The van der Waals surface area contributed by atoms with Crippen molar-refractivity contribution >= 4 is 15.8 Å². The van der Waals surface area contributed by atoms with Gasteiger partial charge in [0.05, 0.1) is 6.10 Å². The predicted octanol–water partition coefficient (Wildman–Crippen LogP) is 0.103. The molecule has 0 saturated carbocycles. The van der Waals surface area contributed by atoms with Crippen LogP contribution >= 0.6 is 0 Å². The molecule has 1 rings (SSSR count). The zero-order valence-corrected chi connectivity index (χ0v) is 10.4. The van der Waals surface area contributed by atoms with Crippen LogP contribution < -0.4 is 10.5 Å². The normalized spacial score (nSPS) is 13.5. The third kappa shape index (κ3) is 4.29. The molecular weight excluding hydrogens is 242 g/mol. The molecule has 96 valence electrons. The number of nitrogens with one attached hydrogen (secondary N) is 1. The maximum absolute atomic E-state index is 11.8. The molecule has 1 atom stereocenters. The van der Waals surface area contributed by atoms with E-state index in [0.29, 0.717) is 12.8 Å². The minimum absolute atomic E-state index is 0.0166. The number of nitrogens with zero attached hydrogens (tertiary/aromatic N) is 1. The second-order valence-electron chi connectivity index (χ2n) is 3.78. The van der Waals surface area contributed by atoms with E-state index in [4.69, 9.17) is 10.8 Å². The van der Waals surface area contributed by atoms with E-state index in [1.807, 2.05) is 0 Å². The van der Waals surface area contributed by atoms with Crippen molar-refractivity contribution in [1.29, 1.82) is 0 Å². The lowest BCUT2D eigenvalue weighted by atomic mass is 10.2. The number of rotatable bonds is 6. The predicted molar refractivity (Wildman–Crippen MR) is 64.8 cm³/mol. The molecule has 1 unspecified atom stereocenters. The number of nitrogen functional groups attached to an aromatic ring is 1. The Kier molecular flexibility index (Phi) is 4.86. The van der Waals surface area contributed by atoms with Crippen molar-refractivity contribution in [2.45, 2.75) is 30.8 Å². The quantitative estimate of drug-likeness (QED) is 0.628. The lowest BCUT2D eigenvalue weighted by Crippen LogP contribution is -2.26. The van der Waals surface area contributed by atoms with Gasteiger partial charge in [-0.2, -0.15) is 0 Å². The number of aliphatic hydroxyl groups excluding tert-OH is 1. The molecule has 0 aliphatic rings. The minimum Gasteiger partial charge on any atom is -0.393 e. The Labute approximate surface area is 101 Å². The summed E-state index contributed by atoms with van der Waals surface area (Å²) in [6.07, 6.45) is 2.12. The molecule has 0 bridgehead atoms. The molecule has 4 N–H and O–H groups in total. The van der Waals surface area contributed by atoms with Crippen molar-refractivity contribution in [2.24, 2.45) is 0 Å². The van der Waals surface area contributed by atoms with Gasteiger partial charge in [-0.1, -0.05) is 0 Å². The summed E-state index contributed by atoms with van der Waals surface area (Å²) in [6, 6.07) is 2.92. The molecule has 0 aliphatic heterocycles. The lowest BCUT2D eigenvalue weighted by molar-refractivity contribution is 0.182. The summed E-state index contributed by atoms with van der Waals surface area (Å²) in [6.45, 7) is 1.93. The monoisotopic (exact) mass is 259 g/mol. The first kappa shape index (κ1) is 13.9. The van der Waals surface area contributed by atoms with Gasteiger partial charge in [-0.15, -0.1) is 0 Å². The number of anilines is 1. The summed E-state index contributed by atoms with van der Waals surface area (Å²) in [4.78, 5) is 3.70. The van der Waals surface area contributed by atoms with Crippen molar-refractivity contribution < 1.29 is 13.5 Å². The van der Waals surface area contributed by atoms with Crippen LogP contribution in [0, 0.1) is 0 Å². The Balaban J connectivity index is 2.61. The van der Waals surface area contributed by atoms with Crippen LogP contribution in [-0.4, -0.2) is 31.2 Å². The Morgan fingerprint density at radius 1 is 1.59 bits per heavy atom. The fourth-order valence-electron chi connectivity index (χ4n) is 1.31. The fraction of sp³-hybridized carbons (Fsp3) is 0.500. The molecule has 1 heterocycles. The van der Waals surface area contributed by atoms with E-state index in [-0.39, 0.29) is 17.3 Å². The van der Waals surface area contributed by atoms with Crippen LogP contribution in [0.3, 0.4) is 0 Å². The Hall–Kier alpha value is -1.18. The van der Waals surface area contributed by atoms with Gasteiger partial charge >= 0.3 is 0 Å².